The molecule has 1 amide bonds. The Kier molecular flexibility index (Phi) is 6.96. The van der Waals surface area contributed by atoms with Gasteiger partial charge < -0.3 is 15.2 Å². The normalized spacial score (nSPS) is 14.9. The van der Waals surface area contributed by atoms with Gasteiger partial charge in [0.2, 0.25) is 0 Å². The number of ether oxygens (including phenoxy) is 1. The molecular weight excluding hydrogens is 440 g/mol. The molecule has 170 valence electrons. The number of anilines is 1. The summed E-state index contributed by atoms with van der Waals surface area (Å²) >= 11 is 6.30. The van der Waals surface area contributed by atoms with Crippen molar-refractivity contribution in [2.45, 2.75) is 24.9 Å². The second kappa shape index (κ2) is 10.1. The van der Waals surface area contributed by atoms with E-state index in [1.165, 1.54) is 0 Å². The summed E-state index contributed by atoms with van der Waals surface area (Å²) in [5.41, 5.74) is 3.02. The Morgan fingerprint density at radius 3 is 2.33 bits per heavy atom. The summed E-state index contributed by atoms with van der Waals surface area (Å²) in [5, 5.41) is 16.3. The highest BCUT2D eigenvalue weighted by molar-refractivity contribution is 6.31. The molecule has 0 unspecified atom stereocenters. The summed E-state index contributed by atoms with van der Waals surface area (Å²) in [7, 11) is 0. The number of halogens is 1. The Balaban J connectivity index is 1.49. The lowest BCUT2D eigenvalue weighted by molar-refractivity contribution is -0.145. The van der Waals surface area contributed by atoms with Crippen LogP contribution in [-0.4, -0.2) is 30.3 Å². The van der Waals surface area contributed by atoms with E-state index >= 15 is 0 Å². The first kappa shape index (κ1) is 22.8. The van der Waals surface area contributed by atoms with Crippen molar-refractivity contribution in [1.82, 2.24) is 5.32 Å². The lowest BCUT2D eigenvalue weighted by Gasteiger charge is -2.34. The highest BCUT2D eigenvalue weighted by Gasteiger charge is 2.41. The molecule has 4 rings (SSSR count). The lowest BCUT2D eigenvalue weighted by atomic mass is 9.73. The Morgan fingerprint density at radius 1 is 0.970 bits per heavy atom. The quantitative estimate of drug-likeness (QED) is 0.450. The second-order valence-electron chi connectivity index (χ2n) is 8.13. The molecule has 3 aromatic rings. The van der Waals surface area contributed by atoms with Gasteiger partial charge in [-0.05, 0) is 66.4 Å². The fourth-order valence-electron chi connectivity index (χ4n) is 4.17. The summed E-state index contributed by atoms with van der Waals surface area (Å²) < 4.78 is 5.28. The van der Waals surface area contributed by atoms with Gasteiger partial charge in [0, 0.05) is 10.7 Å². The lowest BCUT2D eigenvalue weighted by Crippen LogP contribution is -2.45. The number of carboxylic acid groups (broad SMARTS) is 1. The number of carbonyl (C=O) groups excluding carboxylic acids is 1. The van der Waals surface area contributed by atoms with Crippen LogP contribution in [0.4, 0.5) is 10.5 Å². The molecule has 0 radical (unpaired) electrons. The molecule has 0 saturated carbocycles. The van der Waals surface area contributed by atoms with Gasteiger partial charge in [-0.1, -0.05) is 66.2 Å². The largest absolute Gasteiger partial charge is 0.481 e. The number of aliphatic carboxylic acids is 1. The van der Waals surface area contributed by atoms with E-state index in [2.05, 4.69) is 10.6 Å². The van der Waals surface area contributed by atoms with E-state index in [1.54, 1.807) is 12.1 Å². The Bertz CT molecular complexity index is 1130. The molecule has 3 N–H and O–H groups in total. The van der Waals surface area contributed by atoms with E-state index in [1.807, 2.05) is 60.7 Å². The third kappa shape index (κ3) is 5.35. The number of carbonyl (C=O) groups is 2. The van der Waals surface area contributed by atoms with Crippen molar-refractivity contribution in [3.63, 3.8) is 0 Å². The molecule has 3 aromatic carbocycles. The SMILES string of the molecule is O=C(Nc1cc(Cl)cc(-c2ccc(C3(C(=O)O)CCNCC3)cc2)c1)OCc1ccccc1. The predicted molar refractivity (Wildman–Crippen MR) is 129 cm³/mol. The molecule has 0 bridgehead atoms. The average molecular weight is 465 g/mol. The predicted octanol–water partition coefficient (Wildman–Crippen LogP) is 5.46. The number of hydrogen-bond donors (Lipinski definition) is 3. The molecule has 0 aliphatic carbocycles. The summed E-state index contributed by atoms with van der Waals surface area (Å²) in [5.74, 6) is -0.792. The number of rotatable bonds is 6. The van der Waals surface area contributed by atoms with Crippen LogP contribution in [0.5, 0.6) is 0 Å². The summed E-state index contributed by atoms with van der Waals surface area (Å²) in [6.07, 6.45) is 0.535. The maximum Gasteiger partial charge on any atom is 0.411 e. The van der Waals surface area contributed by atoms with Crippen LogP contribution >= 0.6 is 11.6 Å². The van der Waals surface area contributed by atoms with Gasteiger partial charge in [-0.3, -0.25) is 10.1 Å². The van der Waals surface area contributed by atoms with Crippen LogP contribution < -0.4 is 10.6 Å². The molecule has 6 nitrogen and oxygen atoms in total. The highest BCUT2D eigenvalue weighted by Crippen LogP contribution is 2.35. The number of hydrogen-bond acceptors (Lipinski definition) is 4. The molecule has 1 aliphatic heterocycles. The Morgan fingerprint density at radius 2 is 1.67 bits per heavy atom. The summed E-state index contributed by atoms with van der Waals surface area (Å²) in [4.78, 5) is 24.3. The monoisotopic (exact) mass is 464 g/mol. The van der Waals surface area contributed by atoms with Crippen LogP contribution in [0.3, 0.4) is 0 Å². The molecule has 1 saturated heterocycles. The van der Waals surface area contributed by atoms with Crippen molar-refractivity contribution in [2.24, 2.45) is 0 Å². The van der Waals surface area contributed by atoms with Crippen molar-refractivity contribution in [2.75, 3.05) is 18.4 Å². The van der Waals surface area contributed by atoms with Gasteiger partial charge in [0.05, 0.1) is 5.41 Å². The van der Waals surface area contributed by atoms with Crippen LogP contribution in [0.15, 0.2) is 72.8 Å². The number of piperidine rings is 1. The van der Waals surface area contributed by atoms with Gasteiger partial charge in [-0.25, -0.2) is 4.79 Å². The van der Waals surface area contributed by atoms with Crippen molar-refractivity contribution in [1.29, 1.82) is 0 Å². The van der Waals surface area contributed by atoms with Crippen LogP contribution in [0.25, 0.3) is 11.1 Å². The van der Waals surface area contributed by atoms with Crippen molar-refractivity contribution in [3.05, 3.63) is 88.9 Å². The van der Waals surface area contributed by atoms with Gasteiger partial charge in [-0.2, -0.15) is 0 Å². The van der Waals surface area contributed by atoms with Gasteiger partial charge in [0.25, 0.3) is 0 Å². The molecule has 0 atom stereocenters. The molecule has 0 aromatic heterocycles. The zero-order valence-electron chi connectivity index (χ0n) is 18.0. The van der Waals surface area contributed by atoms with E-state index in [9.17, 15) is 14.7 Å². The van der Waals surface area contributed by atoms with Gasteiger partial charge in [0.15, 0.2) is 0 Å². The molecule has 33 heavy (non-hydrogen) atoms. The molecular formula is C26H25ClN2O4. The summed E-state index contributed by atoms with van der Waals surface area (Å²) in [6, 6.07) is 22.2. The van der Waals surface area contributed by atoms with E-state index in [0.29, 0.717) is 36.6 Å². The third-order valence-corrected chi connectivity index (χ3v) is 6.21. The third-order valence-electron chi connectivity index (χ3n) is 5.99. The molecule has 1 fully saturated rings. The van der Waals surface area contributed by atoms with Crippen LogP contribution in [0, 0.1) is 0 Å². The standard InChI is InChI=1S/C26H25ClN2O4/c27-22-14-20(15-23(16-22)29-25(32)33-17-18-4-2-1-3-5-18)19-6-8-21(9-7-19)26(24(30)31)10-12-28-13-11-26/h1-9,14-16,28H,10-13,17H2,(H,29,32)(H,30,31). The molecule has 0 spiro atoms. The Labute approximate surface area is 197 Å². The average Bonchev–Trinajstić information content (AvgIpc) is 2.83. The highest BCUT2D eigenvalue weighted by atomic mass is 35.5. The van der Waals surface area contributed by atoms with Crippen LogP contribution in [0.2, 0.25) is 5.02 Å². The van der Waals surface area contributed by atoms with Crippen LogP contribution in [0.1, 0.15) is 24.0 Å². The first-order valence-electron chi connectivity index (χ1n) is 10.8. The van der Waals surface area contributed by atoms with E-state index < -0.39 is 17.5 Å². The minimum atomic E-state index is -0.868. The van der Waals surface area contributed by atoms with E-state index in [0.717, 1.165) is 22.3 Å². The maximum atomic E-state index is 12.2. The van der Waals surface area contributed by atoms with Gasteiger partial charge in [0.1, 0.15) is 6.61 Å². The zero-order valence-corrected chi connectivity index (χ0v) is 18.8. The van der Waals surface area contributed by atoms with Crippen LogP contribution in [-0.2, 0) is 21.6 Å². The minimum absolute atomic E-state index is 0.169. The number of amides is 1. The first-order valence-corrected chi connectivity index (χ1v) is 11.2. The van der Waals surface area contributed by atoms with Crippen molar-refractivity contribution < 1.29 is 19.4 Å². The molecule has 1 aliphatic rings. The smallest absolute Gasteiger partial charge is 0.411 e. The number of carboxylic acids is 1. The molecule has 7 heteroatoms. The van der Waals surface area contributed by atoms with Crippen molar-refractivity contribution >= 4 is 29.4 Å². The summed E-state index contributed by atoms with van der Waals surface area (Å²) in [6.45, 7) is 1.53. The fraction of sp³-hybridized carbons (Fsp3) is 0.231. The second-order valence-corrected chi connectivity index (χ2v) is 8.57. The zero-order chi connectivity index (χ0) is 23.3. The Hall–Kier alpha value is -3.35. The molecule has 1 heterocycles. The van der Waals surface area contributed by atoms with Gasteiger partial charge in [-0.15, -0.1) is 0 Å². The van der Waals surface area contributed by atoms with Gasteiger partial charge >= 0.3 is 12.1 Å². The van der Waals surface area contributed by atoms with Crippen molar-refractivity contribution in [3.8, 4) is 11.1 Å². The van der Waals surface area contributed by atoms with E-state index in [4.69, 9.17) is 16.3 Å². The number of nitrogens with one attached hydrogen (secondary N) is 2. The first-order chi connectivity index (χ1) is 16.0. The van der Waals surface area contributed by atoms with E-state index in [-0.39, 0.29) is 6.61 Å². The topological polar surface area (TPSA) is 87.7 Å². The number of benzene rings is 3. The maximum absolute atomic E-state index is 12.2. The fourth-order valence-corrected chi connectivity index (χ4v) is 4.40. The minimum Gasteiger partial charge on any atom is -0.481 e.